The van der Waals surface area contributed by atoms with Crippen molar-refractivity contribution >= 4 is 17.3 Å². The molecule has 1 aliphatic carbocycles. The van der Waals surface area contributed by atoms with Gasteiger partial charge < -0.3 is 5.11 Å². The van der Waals surface area contributed by atoms with Crippen LogP contribution in [0.1, 0.15) is 15.9 Å². The van der Waals surface area contributed by atoms with Crippen LogP contribution < -0.4 is 0 Å². The van der Waals surface area contributed by atoms with E-state index in [2.05, 4.69) is 0 Å². The molecule has 1 aliphatic rings. The number of rotatable bonds is 1. The highest BCUT2D eigenvalue weighted by atomic mass is 19.1. The molecule has 70 valence electrons. The molecule has 3 nitrogen and oxygen atoms in total. The maximum absolute atomic E-state index is 12.8. The Morgan fingerprint density at radius 1 is 1.29 bits per heavy atom. The second-order valence-electron chi connectivity index (χ2n) is 2.92. The highest BCUT2D eigenvalue weighted by molar-refractivity contribution is 6.30. The number of carboxylic acid groups (broad SMARTS) is 1. The van der Waals surface area contributed by atoms with Crippen molar-refractivity contribution in [2.45, 2.75) is 0 Å². The fourth-order valence-corrected chi connectivity index (χ4v) is 1.42. The average Bonchev–Trinajstić information content (AvgIpc) is 2.43. The third-order valence-corrected chi connectivity index (χ3v) is 2.04. The highest BCUT2D eigenvalue weighted by Crippen LogP contribution is 2.27. The first-order chi connectivity index (χ1) is 6.59. The van der Waals surface area contributed by atoms with E-state index < -0.39 is 17.6 Å². The summed E-state index contributed by atoms with van der Waals surface area (Å²) in [5, 5.41) is 8.73. The van der Waals surface area contributed by atoms with Gasteiger partial charge >= 0.3 is 5.97 Å². The van der Waals surface area contributed by atoms with Crippen LogP contribution in [0.4, 0.5) is 4.39 Å². The van der Waals surface area contributed by atoms with Crippen molar-refractivity contribution in [3.63, 3.8) is 0 Å². The van der Waals surface area contributed by atoms with Crippen molar-refractivity contribution in [1.82, 2.24) is 0 Å². The van der Waals surface area contributed by atoms with Crippen LogP contribution in [-0.2, 0) is 4.79 Å². The summed E-state index contributed by atoms with van der Waals surface area (Å²) in [7, 11) is 0. The minimum Gasteiger partial charge on any atom is -0.478 e. The number of hydrogen-bond donors (Lipinski definition) is 1. The van der Waals surface area contributed by atoms with Crippen LogP contribution in [0.25, 0.3) is 5.57 Å². The Morgan fingerprint density at radius 2 is 2.00 bits per heavy atom. The first-order valence-electron chi connectivity index (χ1n) is 3.89. The standard InChI is InChI=1S/C10H5FO3/c11-5-1-2-6-7(3-5)8(10(13)14)4-9(6)12/h1-4H,(H,13,14). The van der Waals surface area contributed by atoms with Crippen molar-refractivity contribution in [3.05, 3.63) is 41.2 Å². The number of halogens is 1. The summed E-state index contributed by atoms with van der Waals surface area (Å²) in [5.74, 6) is -2.16. The Bertz CT molecular complexity index is 474. The third kappa shape index (κ3) is 1.12. The van der Waals surface area contributed by atoms with E-state index in [1.54, 1.807) is 0 Å². The fourth-order valence-electron chi connectivity index (χ4n) is 1.42. The topological polar surface area (TPSA) is 54.4 Å². The van der Waals surface area contributed by atoms with Crippen molar-refractivity contribution in [3.8, 4) is 0 Å². The molecule has 0 aliphatic heterocycles. The zero-order valence-electron chi connectivity index (χ0n) is 6.95. The molecule has 1 N–H and O–H groups in total. The number of carbonyl (C=O) groups excluding carboxylic acids is 1. The van der Waals surface area contributed by atoms with Crippen LogP contribution in [0, 0.1) is 5.82 Å². The lowest BCUT2D eigenvalue weighted by Crippen LogP contribution is -1.98. The number of ketones is 1. The van der Waals surface area contributed by atoms with Gasteiger partial charge in [-0.15, -0.1) is 0 Å². The Kier molecular flexibility index (Phi) is 1.70. The summed E-state index contributed by atoms with van der Waals surface area (Å²) in [5.41, 5.74) is 0.246. The zero-order valence-corrected chi connectivity index (χ0v) is 6.95. The van der Waals surface area contributed by atoms with Crippen molar-refractivity contribution in [1.29, 1.82) is 0 Å². The second-order valence-corrected chi connectivity index (χ2v) is 2.92. The molecule has 0 radical (unpaired) electrons. The van der Waals surface area contributed by atoms with E-state index in [4.69, 9.17) is 5.11 Å². The molecule has 0 atom stereocenters. The van der Waals surface area contributed by atoms with Gasteiger partial charge in [0, 0.05) is 17.2 Å². The number of benzene rings is 1. The van der Waals surface area contributed by atoms with Gasteiger partial charge in [0.15, 0.2) is 5.78 Å². The predicted octanol–water partition coefficient (Wildman–Crippen LogP) is 1.49. The number of hydrogen-bond acceptors (Lipinski definition) is 2. The van der Waals surface area contributed by atoms with E-state index in [1.807, 2.05) is 0 Å². The normalized spacial score (nSPS) is 13.8. The lowest BCUT2D eigenvalue weighted by Gasteiger charge is -1.99. The van der Waals surface area contributed by atoms with E-state index in [0.29, 0.717) is 0 Å². The number of fused-ring (bicyclic) bond motifs is 1. The Hall–Kier alpha value is -1.97. The predicted molar refractivity (Wildman–Crippen MR) is 46.3 cm³/mol. The van der Waals surface area contributed by atoms with Crippen LogP contribution in [-0.4, -0.2) is 16.9 Å². The number of aliphatic carboxylic acids is 1. The largest absolute Gasteiger partial charge is 0.478 e. The van der Waals surface area contributed by atoms with Crippen molar-refractivity contribution < 1.29 is 19.1 Å². The van der Waals surface area contributed by atoms with E-state index in [1.165, 1.54) is 6.07 Å². The van der Waals surface area contributed by atoms with E-state index in [0.717, 1.165) is 18.2 Å². The molecule has 4 heteroatoms. The van der Waals surface area contributed by atoms with Crippen LogP contribution in [0.5, 0.6) is 0 Å². The quantitative estimate of drug-likeness (QED) is 0.733. The van der Waals surface area contributed by atoms with E-state index >= 15 is 0 Å². The molecule has 2 rings (SSSR count). The first kappa shape index (κ1) is 8.62. The average molecular weight is 192 g/mol. The van der Waals surface area contributed by atoms with Crippen molar-refractivity contribution in [2.24, 2.45) is 0 Å². The molecule has 0 aromatic heterocycles. The molecule has 0 amide bonds. The minimum atomic E-state index is -1.22. The lowest BCUT2D eigenvalue weighted by molar-refractivity contribution is -0.130. The van der Waals surface area contributed by atoms with E-state index in [-0.39, 0.29) is 16.7 Å². The monoisotopic (exact) mass is 192 g/mol. The fraction of sp³-hybridized carbons (Fsp3) is 0. The van der Waals surface area contributed by atoms with Crippen LogP contribution in [0.15, 0.2) is 24.3 Å². The molecule has 0 spiro atoms. The lowest BCUT2D eigenvalue weighted by atomic mass is 10.1. The number of carboxylic acids is 1. The van der Waals surface area contributed by atoms with Gasteiger partial charge in [0.25, 0.3) is 0 Å². The summed E-state index contributed by atoms with van der Waals surface area (Å²) in [6.45, 7) is 0. The first-order valence-corrected chi connectivity index (χ1v) is 3.89. The smallest absolute Gasteiger partial charge is 0.336 e. The SMILES string of the molecule is O=C(O)C1=CC(=O)c2ccc(F)cc21. The van der Waals surface area contributed by atoms with Gasteiger partial charge in [-0.1, -0.05) is 0 Å². The molecule has 0 fully saturated rings. The summed E-state index contributed by atoms with van der Waals surface area (Å²) >= 11 is 0. The maximum atomic E-state index is 12.8. The summed E-state index contributed by atoms with van der Waals surface area (Å²) in [6.07, 6.45) is 1.01. The van der Waals surface area contributed by atoms with Crippen LogP contribution >= 0.6 is 0 Å². The molecule has 1 aromatic carbocycles. The van der Waals surface area contributed by atoms with E-state index in [9.17, 15) is 14.0 Å². The third-order valence-electron chi connectivity index (χ3n) is 2.04. The summed E-state index contributed by atoms with van der Waals surface area (Å²) in [4.78, 5) is 21.9. The van der Waals surface area contributed by atoms with Gasteiger partial charge in [0.05, 0.1) is 5.57 Å². The van der Waals surface area contributed by atoms with Crippen LogP contribution in [0.3, 0.4) is 0 Å². The molecule has 0 bridgehead atoms. The number of allylic oxidation sites excluding steroid dienone is 1. The molecule has 14 heavy (non-hydrogen) atoms. The maximum Gasteiger partial charge on any atom is 0.336 e. The van der Waals surface area contributed by atoms with Gasteiger partial charge in [-0.05, 0) is 18.2 Å². The van der Waals surface area contributed by atoms with Crippen LogP contribution in [0.2, 0.25) is 0 Å². The Morgan fingerprint density at radius 3 is 2.64 bits per heavy atom. The zero-order chi connectivity index (χ0) is 10.3. The summed E-state index contributed by atoms with van der Waals surface area (Å²) < 4.78 is 12.8. The Balaban J connectivity index is 2.66. The number of carbonyl (C=O) groups is 2. The highest BCUT2D eigenvalue weighted by Gasteiger charge is 2.25. The van der Waals surface area contributed by atoms with Gasteiger partial charge in [0.1, 0.15) is 5.82 Å². The second kappa shape index (κ2) is 2.77. The van der Waals surface area contributed by atoms with Gasteiger partial charge in [-0.2, -0.15) is 0 Å². The summed E-state index contributed by atoms with van der Waals surface area (Å²) in [6, 6.07) is 3.48. The van der Waals surface area contributed by atoms with Gasteiger partial charge in [-0.3, -0.25) is 4.79 Å². The van der Waals surface area contributed by atoms with Crippen molar-refractivity contribution in [2.75, 3.05) is 0 Å². The molecule has 0 saturated carbocycles. The Labute approximate surface area is 78.5 Å². The molecule has 0 unspecified atom stereocenters. The minimum absolute atomic E-state index is 0.149. The molecule has 1 aromatic rings. The molecule has 0 saturated heterocycles. The van der Waals surface area contributed by atoms with Gasteiger partial charge in [0.2, 0.25) is 0 Å². The molecular weight excluding hydrogens is 187 g/mol. The molecular formula is C10H5FO3. The van der Waals surface area contributed by atoms with Gasteiger partial charge in [-0.25, -0.2) is 9.18 Å². The molecule has 0 heterocycles.